The summed E-state index contributed by atoms with van der Waals surface area (Å²) in [7, 11) is 3.36. The van der Waals surface area contributed by atoms with Crippen molar-refractivity contribution < 1.29 is 54.3 Å². The van der Waals surface area contributed by atoms with Crippen molar-refractivity contribution in [3.05, 3.63) is 0 Å². The van der Waals surface area contributed by atoms with E-state index in [1.165, 1.54) is 0 Å². The van der Waals surface area contributed by atoms with E-state index < -0.39 is 111 Å². The molecule has 222 valence electrons. The number of nitrogens with two attached hydrogens (primary N) is 4. The van der Waals surface area contributed by atoms with Crippen LogP contribution in [0.4, 0.5) is 0 Å². The van der Waals surface area contributed by atoms with E-state index in [0.717, 1.165) is 0 Å². The number of rotatable bonds is 6. The molecule has 38 heavy (non-hydrogen) atoms. The fraction of sp³-hybridized carbons (Fsp3) is 1.00. The van der Waals surface area contributed by atoms with E-state index in [0.29, 0.717) is 0 Å². The van der Waals surface area contributed by atoms with Crippen molar-refractivity contribution in [2.45, 2.75) is 117 Å². The molecule has 1 saturated carbocycles. The van der Waals surface area contributed by atoms with Gasteiger partial charge in [-0.05, 0) is 26.9 Å². The van der Waals surface area contributed by atoms with E-state index in [1.54, 1.807) is 19.0 Å². The Bertz CT molecular complexity index is 786. The van der Waals surface area contributed by atoms with Crippen LogP contribution in [0.25, 0.3) is 0 Å². The number of hydrogen-bond donors (Lipinski definition) is 10. The zero-order valence-electron chi connectivity index (χ0n) is 21.4. The highest BCUT2D eigenvalue weighted by atomic mass is 16.8. The van der Waals surface area contributed by atoms with Gasteiger partial charge in [-0.15, -0.1) is 0 Å². The largest absolute Gasteiger partial charge is 0.394 e. The molecule has 17 atom stereocenters. The summed E-state index contributed by atoms with van der Waals surface area (Å²) in [6.45, 7) is -0.507. The number of fused-ring (bicyclic) bond motifs is 1. The Labute approximate surface area is 220 Å². The van der Waals surface area contributed by atoms with Crippen LogP contribution in [0.15, 0.2) is 0 Å². The minimum Gasteiger partial charge on any atom is -0.394 e. The lowest BCUT2D eigenvalue weighted by Crippen LogP contribution is -2.70. The maximum absolute atomic E-state index is 11.3. The first-order valence-electron chi connectivity index (χ1n) is 12.8. The van der Waals surface area contributed by atoms with E-state index in [2.05, 4.69) is 0 Å². The van der Waals surface area contributed by atoms with E-state index in [9.17, 15) is 30.6 Å². The van der Waals surface area contributed by atoms with Crippen molar-refractivity contribution in [2.24, 2.45) is 22.9 Å². The van der Waals surface area contributed by atoms with Gasteiger partial charge in [0.05, 0.1) is 36.9 Å². The van der Waals surface area contributed by atoms with Crippen LogP contribution in [0.2, 0.25) is 0 Å². The lowest BCUT2D eigenvalue weighted by Gasteiger charge is -2.52. The lowest BCUT2D eigenvalue weighted by molar-refractivity contribution is -0.379. The number of nitrogens with zero attached hydrogens (tertiary/aromatic N) is 1. The molecule has 4 aliphatic rings. The van der Waals surface area contributed by atoms with Crippen molar-refractivity contribution in [1.82, 2.24) is 4.90 Å². The van der Waals surface area contributed by atoms with Crippen LogP contribution >= 0.6 is 0 Å². The molecule has 3 aliphatic heterocycles. The van der Waals surface area contributed by atoms with Crippen LogP contribution in [0.1, 0.15) is 12.8 Å². The summed E-state index contributed by atoms with van der Waals surface area (Å²) in [6, 6.07) is -4.00. The molecule has 0 aromatic heterocycles. The Morgan fingerprint density at radius 1 is 0.711 bits per heavy atom. The maximum Gasteiger partial charge on any atom is 0.189 e. The minimum absolute atomic E-state index is 0.160. The molecule has 1 unspecified atom stereocenters. The van der Waals surface area contributed by atoms with Gasteiger partial charge in [0, 0.05) is 12.1 Å². The van der Waals surface area contributed by atoms with Gasteiger partial charge in [0.15, 0.2) is 18.9 Å². The Morgan fingerprint density at radius 3 is 2.03 bits per heavy atom. The predicted molar refractivity (Wildman–Crippen MR) is 128 cm³/mol. The fourth-order valence-corrected chi connectivity index (χ4v) is 5.68. The summed E-state index contributed by atoms with van der Waals surface area (Å²) in [4.78, 5) is 1.64. The van der Waals surface area contributed by atoms with Crippen molar-refractivity contribution in [3.8, 4) is 0 Å². The monoisotopic (exact) mass is 553 g/mol. The van der Waals surface area contributed by atoms with Crippen LogP contribution in [-0.2, 0) is 23.7 Å². The molecular formula is C22H43N5O11. The van der Waals surface area contributed by atoms with Crippen LogP contribution in [0, 0.1) is 0 Å². The summed E-state index contributed by atoms with van der Waals surface area (Å²) in [5.74, 6) is 0. The molecule has 0 spiro atoms. The third kappa shape index (κ3) is 5.73. The molecule has 16 nitrogen and oxygen atoms in total. The van der Waals surface area contributed by atoms with E-state index >= 15 is 0 Å². The molecule has 3 saturated heterocycles. The van der Waals surface area contributed by atoms with Crippen LogP contribution in [-0.4, -0.2) is 160 Å². The molecule has 4 fully saturated rings. The summed E-state index contributed by atoms with van der Waals surface area (Å²) in [5.41, 5.74) is 24.1. The first-order chi connectivity index (χ1) is 17.8. The van der Waals surface area contributed by atoms with Crippen LogP contribution in [0.3, 0.4) is 0 Å². The Kier molecular flexibility index (Phi) is 9.63. The van der Waals surface area contributed by atoms with Gasteiger partial charge in [-0.2, -0.15) is 0 Å². The number of hydrogen-bond acceptors (Lipinski definition) is 16. The zero-order valence-corrected chi connectivity index (χ0v) is 21.4. The number of likely N-dealkylation sites (N-methyl/N-ethyl adjacent to an activating group) is 1. The third-order valence-corrected chi connectivity index (χ3v) is 7.97. The van der Waals surface area contributed by atoms with Gasteiger partial charge in [-0.1, -0.05) is 0 Å². The summed E-state index contributed by atoms with van der Waals surface area (Å²) >= 11 is 0. The van der Waals surface area contributed by atoms with Gasteiger partial charge >= 0.3 is 0 Å². The average molecular weight is 554 g/mol. The van der Waals surface area contributed by atoms with E-state index in [1.807, 2.05) is 0 Å². The topological polar surface area (TPSA) is 275 Å². The zero-order chi connectivity index (χ0) is 28.0. The predicted octanol–water partition coefficient (Wildman–Crippen LogP) is -6.61. The first-order valence-corrected chi connectivity index (χ1v) is 12.8. The molecule has 0 aromatic rings. The van der Waals surface area contributed by atoms with E-state index in [4.69, 9.17) is 46.6 Å². The first kappa shape index (κ1) is 30.3. The molecule has 0 bridgehead atoms. The molecular weight excluding hydrogens is 510 g/mol. The molecule has 0 amide bonds. The smallest absolute Gasteiger partial charge is 0.189 e. The fourth-order valence-electron chi connectivity index (χ4n) is 5.68. The van der Waals surface area contributed by atoms with Crippen molar-refractivity contribution in [3.63, 3.8) is 0 Å². The second-order valence-electron chi connectivity index (χ2n) is 10.9. The molecule has 1 aliphatic carbocycles. The summed E-state index contributed by atoms with van der Waals surface area (Å²) in [5, 5.41) is 62.3. The average Bonchev–Trinajstić information content (AvgIpc) is 2.86. The Hall–Kier alpha value is -0.640. The van der Waals surface area contributed by atoms with Crippen LogP contribution in [0.5, 0.6) is 0 Å². The molecule has 14 N–H and O–H groups in total. The molecule has 16 heteroatoms. The molecule has 4 rings (SSSR count). The van der Waals surface area contributed by atoms with Crippen molar-refractivity contribution >= 4 is 0 Å². The highest BCUT2D eigenvalue weighted by Crippen LogP contribution is 2.36. The van der Waals surface area contributed by atoms with E-state index in [-0.39, 0.29) is 12.8 Å². The number of aliphatic hydroxyl groups excluding tert-OH is 6. The Balaban J connectivity index is 1.47. The van der Waals surface area contributed by atoms with Crippen LogP contribution < -0.4 is 22.9 Å². The molecule has 3 heterocycles. The highest BCUT2D eigenvalue weighted by molar-refractivity contribution is 5.02. The maximum atomic E-state index is 11.3. The van der Waals surface area contributed by atoms with Crippen molar-refractivity contribution in [2.75, 3.05) is 20.7 Å². The lowest BCUT2D eigenvalue weighted by atomic mass is 9.84. The van der Waals surface area contributed by atoms with Gasteiger partial charge in [0.2, 0.25) is 0 Å². The standard InChI is InChI=1S/C22H43N5O11/c1-27(2)12-15(31)19-9(34-21(12)38-22-17(33)14(30)11(26)10(5-28)35-22)4-8(25)20(37-19)36-18-7(24)3-6(23)13(29)16(18)32/h6-22,28-33H,3-5,23-26H2,1-2H3/t6-,7+,8-,9?,10-,11-,12+,13+,14+,15-,16-,17-,18-,19+,20+,21-,22-/m1/s1. The highest BCUT2D eigenvalue weighted by Gasteiger charge is 2.55. The van der Waals surface area contributed by atoms with Gasteiger partial charge < -0.3 is 77.3 Å². The third-order valence-electron chi connectivity index (χ3n) is 7.97. The Morgan fingerprint density at radius 2 is 1.39 bits per heavy atom. The summed E-state index contributed by atoms with van der Waals surface area (Å²) < 4.78 is 29.5. The quantitative estimate of drug-likeness (QED) is 0.146. The second kappa shape index (κ2) is 12.1. The van der Waals surface area contributed by atoms with Gasteiger partial charge in [-0.25, -0.2) is 0 Å². The SMILES string of the molecule is CN(C)[C@@H]1[C@@H](O[C@H]2O[C@H](CO)[C@@H](N)[C@H](O)[C@H]2O)OC2C[C@@H](N)[C@@H](O[C@H]3[C@H](O)[C@@H](O)[C@H](N)C[C@@H]3N)O[C@@H]2[C@@H]1O. The number of aliphatic hydroxyl groups is 6. The van der Waals surface area contributed by atoms with Crippen molar-refractivity contribution in [1.29, 1.82) is 0 Å². The van der Waals surface area contributed by atoms with Gasteiger partial charge in [0.1, 0.15) is 42.7 Å². The minimum atomic E-state index is -1.54. The number of ether oxygens (including phenoxy) is 5. The van der Waals surface area contributed by atoms with Gasteiger partial charge in [0.25, 0.3) is 0 Å². The second-order valence-corrected chi connectivity index (χ2v) is 10.9. The molecule has 0 aromatic carbocycles. The van der Waals surface area contributed by atoms with Gasteiger partial charge in [-0.3, -0.25) is 4.90 Å². The normalized spacial score (nSPS) is 54.1. The summed E-state index contributed by atoms with van der Waals surface area (Å²) in [6.07, 6.45) is -13.7. The molecule has 0 radical (unpaired) electrons.